The summed E-state index contributed by atoms with van der Waals surface area (Å²) in [5.74, 6) is 0. The van der Waals surface area contributed by atoms with Crippen LogP contribution >= 0.6 is 0 Å². The molecule has 1 aromatic carbocycles. The van der Waals surface area contributed by atoms with Gasteiger partial charge in [0.15, 0.2) is 0 Å². The zero-order chi connectivity index (χ0) is 9.47. The summed E-state index contributed by atoms with van der Waals surface area (Å²) < 4.78 is 0. The van der Waals surface area contributed by atoms with E-state index in [-0.39, 0.29) is 5.54 Å². The zero-order valence-corrected chi connectivity index (χ0v) is 8.65. The highest BCUT2D eigenvalue weighted by Crippen LogP contribution is 2.34. The Morgan fingerprint density at radius 1 is 1.46 bits per heavy atom. The standard InChI is InChI=1S/C12H17N/c1-4-12(3)8-10-7-9(2)5-6-11(10)13-12/h5-7,13H,4,8H2,1-3H3. The largest absolute Gasteiger partial charge is 0.379 e. The smallest absolute Gasteiger partial charge is 0.0384 e. The van der Waals surface area contributed by atoms with Crippen LogP contribution in [0.3, 0.4) is 0 Å². The Hall–Kier alpha value is -0.980. The van der Waals surface area contributed by atoms with Gasteiger partial charge in [0.25, 0.3) is 0 Å². The normalized spacial score (nSPS) is 25.5. The predicted molar refractivity (Wildman–Crippen MR) is 57.2 cm³/mol. The van der Waals surface area contributed by atoms with Gasteiger partial charge in [-0.3, -0.25) is 0 Å². The molecule has 2 rings (SSSR count). The van der Waals surface area contributed by atoms with E-state index in [0.717, 1.165) is 0 Å². The number of hydrogen-bond donors (Lipinski definition) is 1. The molecule has 0 saturated carbocycles. The molecule has 0 saturated heterocycles. The van der Waals surface area contributed by atoms with E-state index >= 15 is 0 Å². The minimum absolute atomic E-state index is 0.288. The van der Waals surface area contributed by atoms with Crippen molar-refractivity contribution < 1.29 is 0 Å². The lowest BCUT2D eigenvalue weighted by Gasteiger charge is -2.22. The van der Waals surface area contributed by atoms with Crippen LogP contribution in [0.4, 0.5) is 5.69 Å². The Kier molecular flexibility index (Phi) is 1.83. The SMILES string of the molecule is CCC1(C)Cc2cc(C)ccc2N1. The second kappa shape index (κ2) is 2.76. The van der Waals surface area contributed by atoms with Crippen LogP contribution in [0, 0.1) is 6.92 Å². The van der Waals surface area contributed by atoms with E-state index in [2.05, 4.69) is 44.3 Å². The van der Waals surface area contributed by atoms with Crippen LogP contribution in [-0.2, 0) is 6.42 Å². The van der Waals surface area contributed by atoms with Crippen LogP contribution in [0.5, 0.6) is 0 Å². The first-order valence-corrected chi connectivity index (χ1v) is 5.01. The van der Waals surface area contributed by atoms with Gasteiger partial charge in [-0.2, -0.15) is 0 Å². The summed E-state index contributed by atoms with van der Waals surface area (Å²) >= 11 is 0. The number of hydrogen-bond acceptors (Lipinski definition) is 1. The molecule has 1 heteroatoms. The monoisotopic (exact) mass is 175 g/mol. The molecule has 0 spiro atoms. The molecule has 0 aliphatic carbocycles. The molecule has 0 bridgehead atoms. The Bertz CT molecular complexity index is 330. The van der Waals surface area contributed by atoms with Crippen LogP contribution in [-0.4, -0.2) is 5.54 Å². The van der Waals surface area contributed by atoms with Crippen LogP contribution in [0.15, 0.2) is 18.2 Å². The lowest BCUT2D eigenvalue weighted by molar-refractivity contribution is 0.515. The van der Waals surface area contributed by atoms with Gasteiger partial charge in [0, 0.05) is 11.2 Å². The van der Waals surface area contributed by atoms with Gasteiger partial charge < -0.3 is 5.32 Å². The van der Waals surface area contributed by atoms with E-state index < -0.39 is 0 Å². The fourth-order valence-electron chi connectivity index (χ4n) is 1.99. The van der Waals surface area contributed by atoms with Gasteiger partial charge in [0.1, 0.15) is 0 Å². The average Bonchev–Trinajstić information content (AvgIpc) is 2.42. The van der Waals surface area contributed by atoms with E-state index in [0.29, 0.717) is 0 Å². The van der Waals surface area contributed by atoms with Gasteiger partial charge in [-0.1, -0.05) is 24.6 Å². The van der Waals surface area contributed by atoms with Gasteiger partial charge in [-0.25, -0.2) is 0 Å². The van der Waals surface area contributed by atoms with Crippen molar-refractivity contribution in [3.05, 3.63) is 29.3 Å². The summed E-state index contributed by atoms with van der Waals surface area (Å²) in [6.07, 6.45) is 2.35. The van der Waals surface area contributed by atoms with Gasteiger partial charge in [-0.15, -0.1) is 0 Å². The van der Waals surface area contributed by atoms with Gasteiger partial charge in [-0.05, 0) is 38.3 Å². The maximum Gasteiger partial charge on any atom is 0.0384 e. The summed E-state index contributed by atoms with van der Waals surface area (Å²) in [7, 11) is 0. The second-order valence-electron chi connectivity index (χ2n) is 4.38. The number of anilines is 1. The molecule has 0 aromatic heterocycles. The third-order valence-corrected chi connectivity index (χ3v) is 3.06. The molecule has 1 atom stereocenters. The number of benzene rings is 1. The van der Waals surface area contributed by atoms with E-state index in [1.807, 2.05) is 0 Å². The molecule has 1 N–H and O–H groups in total. The van der Waals surface area contributed by atoms with E-state index in [4.69, 9.17) is 0 Å². The number of nitrogens with one attached hydrogen (secondary N) is 1. The highest BCUT2D eigenvalue weighted by atomic mass is 15.0. The highest BCUT2D eigenvalue weighted by molar-refractivity contribution is 5.59. The predicted octanol–water partition coefficient (Wildman–Crippen LogP) is 3.13. The zero-order valence-electron chi connectivity index (χ0n) is 8.65. The summed E-state index contributed by atoms with van der Waals surface area (Å²) in [5, 5.41) is 3.59. The third kappa shape index (κ3) is 1.43. The third-order valence-electron chi connectivity index (χ3n) is 3.06. The number of aryl methyl sites for hydroxylation is 1. The number of fused-ring (bicyclic) bond motifs is 1. The van der Waals surface area contributed by atoms with Crippen molar-refractivity contribution in [2.75, 3.05) is 5.32 Å². The first kappa shape index (κ1) is 8.61. The first-order chi connectivity index (χ1) is 6.13. The minimum Gasteiger partial charge on any atom is -0.379 e. The van der Waals surface area contributed by atoms with Gasteiger partial charge in [0.2, 0.25) is 0 Å². The van der Waals surface area contributed by atoms with Crippen LogP contribution in [0.1, 0.15) is 31.4 Å². The van der Waals surface area contributed by atoms with Crippen LogP contribution in [0.2, 0.25) is 0 Å². The van der Waals surface area contributed by atoms with Crippen molar-refractivity contribution in [1.82, 2.24) is 0 Å². The topological polar surface area (TPSA) is 12.0 Å². The highest BCUT2D eigenvalue weighted by Gasteiger charge is 2.29. The summed E-state index contributed by atoms with van der Waals surface area (Å²) in [6, 6.07) is 6.67. The van der Waals surface area contributed by atoms with Crippen molar-refractivity contribution in [3.63, 3.8) is 0 Å². The summed E-state index contributed by atoms with van der Waals surface area (Å²) in [5.41, 5.74) is 4.45. The number of rotatable bonds is 1. The molecule has 1 heterocycles. The Balaban J connectivity index is 2.35. The Labute approximate surface area is 80.2 Å². The maximum atomic E-state index is 3.59. The minimum atomic E-state index is 0.288. The van der Waals surface area contributed by atoms with Crippen molar-refractivity contribution in [2.24, 2.45) is 0 Å². The lowest BCUT2D eigenvalue weighted by atomic mass is 9.94. The molecule has 13 heavy (non-hydrogen) atoms. The summed E-state index contributed by atoms with van der Waals surface area (Å²) in [6.45, 7) is 6.69. The van der Waals surface area contributed by atoms with Crippen molar-refractivity contribution in [3.8, 4) is 0 Å². The summed E-state index contributed by atoms with van der Waals surface area (Å²) in [4.78, 5) is 0. The molecule has 1 aliphatic rings. The molecule has 1 aliphatic heterocycles. The van der Waals surface area contributed by atoms with Crippen molar-refractivity contribution in [2.45, 2.75) is 39.2 Å². The Morgan fingerprint density at radius 2 is 2.23 bits per heavy atom. The van der Waals surface area contributed by atoms with Crippen LogP contribution in [0.25, 0.3) is 0 Å². The van der Waals surface area contributed by atoms with Gasteiger partial charge in [0.05, 0.1) is 0 Å². The molecule has 70 valence electrons. The second-order valence-corrected chi connectivity index (χ2v) is 4.38. The first-order valence-electron chi connectivity index (χ1n) is 5.01. The molecule has 0 fully saturated rings. The quantitative estimate of drug-likeness (QED) is 0.691. The van der Waals surface area contributed by atoms with E-state index in [9.17, 15) is 0 Å². The molecule has 1 unspecified atom stereocenters. The van der Waals surface area contributed by atoms with Crippen molar-refractivity contribution in [1.29, 1.82) is 0 Å². The van der Waals surface area contributed by atoms with Crippen LogP contribution < -0.4 is 5.32 Å². The fraction of sp³-hybridized carbons (Fsp3) is 0.500. The fourth-order valence-corrected chi connectivity index (χ4v) is 1.99. The molecule has 1 nitrogen and oxygen atoms in total. The van der Waals surface area contributed by atoms with E-state index in [1.54, 1.807) is 0 Å². The average molecular weight is 175 g/mol. The lowest BCUT2D eigenvalue weighted by Crippen LogP contribution is -2.30. The van der Waals surface area contributed by atoms with E-state index in [1.165, 1.54) is 29.7 Å². The molecule has 1 aromatic rings. The molecule has 0 amide bonds. The van der Waals surface area contributed by atoms with Crippen molar-refractivity contribution >= 4 is 5.69 Å². The molecular formula is C12H17N. The molecule has 0 radical (unpaired) electrons. The molecular weight excluding hydrogens is 158 g/mol. The maximum absolute atomic E-state index is 3.59. The Morgan fingerprint density at radius 3 is 2.92 bits per heavy atom. The van der Waals surface area contributed by atoms with Gasteiger partial charge >= 0.3 is 0 Å².